The van der Waals surface area contributed by atoms with E-state index >= 15 is 0 Å². The Kier molecular flexibility index (Phi) is 4.89. The first-order valence-corrected chi connectivity index (χ1v) is 10.4. The van der Waals surface area contributed by atoms with Crippen LogP contribution in [0.15, 0.2) is 67.0 Å². The lowest BCUT2D eigenvalue weighted by atomic mass is 9.82. The minimum absolute atomic E-state index is 0.0109. The molecule has 0 unspecified atom stereocenters. The van der Waals surface area contributed by atoms with Crippen molar-refractivity contribution in [1.82, 2.24) is 9.88 Å². The predicted octanol–water partition coefficient (Wildman–Crippen LogP) is 3.61. The van der Waals surface area contributed by atoms with Crippen LogP contribution in [-0.2, 0) is 0 Å². The van der Waals surface area contributed by atoms with Crippen LogP contribution < -0.4 is 5.32 Å². The van der Waals surface area contributed by atoms with Crippen LogP contribution in [0.1, 0.15) is 33.9 Å². The molecule has 3 atom stereocenters. The fourth-order valence-electron chi connectivity index (χ4n) is 4.87. The minimum Gasteiger partial charge on any atom is -0.394 e. The summed E-state index contributed by atoms with van der Waals surface area (Å²) in [4.78, 5) is 19.3. The smallest absolute Gasteiger partial charge is 0.254 e. The molecule has 31 heavy (non-hydrogen) atoms. The average Bonchev–Trinajstić information content (AvgIpc) is 3.29. The molecule has 0 aliphatic carbocycles. The summed E-state index contributed by atoms with van der Waals surface area (Å²) in [5.41, 5.74) is 5.32. The van der Waals surface area contributed by atoms with Gasteiger partial charge in [0, 0.05) is 36.1 Å². The Labute approximate surface area is 180 Å². The summed E-state index contributed by atoms with van der Waals surface area (Å²) >= 11 is 0. The van der Waals surface area contributed by atoms with Gasteiger partial charge >= 0.3 is 0 Å². The highest BCUT2D eigenvalue weighted by Gasteiger charge is 2.45. The molecule has 5 rings (SSSR count). The molecule has 3 aromatic rings. The number of fused-ring (bicyclic) bond motifs is 3. The van der Waals surface area contributed by atoms with Gasteiger partial charge < -0.3 is 15.3 Å². The second-order valence-electron chi connectivity index (χ2n) is 8.06. The maximum atomic E-state index is 13.3. The van der Waals surface area contributed by atoms with Crippen molar-refractivity contribution in [2.75, 3.05) is 18.5 Å². The number of rotatable bonds is 3. The molecule has 1 saturated heterocycles. The summed E-state index contributed by atoms with van der Waals surface area (Å²) < 4.78 is 0. The second-order valence-corrected chi connectivity index (χ2v) is 8.06. The number of nitriles is 1. The topological polar surface area (TPSA) is 89.2 Å². The van der Waals surface area contributed by atoms with E-state index in [4.69, 9.17) is 5.26 Å². The van der Waals surface area contributed by atoms with E-state index in [1.165, 1.54) is 0 Å². The first-order chi connectivity index (χ1) is 15.2. The Morgan fingerprint density at radius 1 is 1.13 bits per heavy atom. The van der Waals surface area contributed by atoms with E-state index < -0.39 is 0 Å². The molecule has 2 aliphatic heterocycles. The fraction of sp³-hybridized carbons (Fsp3) is 0.240. The molecule has 0 radical (unpaired) electrons. The predicted molar refractivity (Wildman–Crippen MR) is 117 cm³/mol. The van der Waals surface area contributed by atoms with Gasteiger partial charge in [0.15, 0.2) is 0 Å². The number of carbonyl (C=O) groups excluding carboxylic acids is 1. The van der Waals surface area contributed by atoms with Crippen molar-refractivity contribution >= 4 is 11.6 Å². The number of nitrogens with one attached hydrogen (secondary N) is 1. The van der Waals surface area contributed by atoms with Gasteiger partial charge in [0.25, 0.3) is 5.91 Å². The third kappa shape index (κ3) is 3.33. The third-order valence-corrected chi connectivity index (χ3v) is 6.40. The maximum absolute atomic E-state index is 13.3. The number of pyridine rings is 1. The molecule has 154 valence electrons. The number of amides is 1. The van der Waals surface area contributed by atoms with Crippen LogP contribution in [0.5, 0.6) is 0 Å². The summed E-state index contributed by atoms with van der Waals surface area (Å²) in [6, 6.07) is 19.1. The monoisotopic (exact) mass is 410 g/mol. The lowest BCUT2D eigenvalue weighted by molar-refractivity contribution is 0.0701. The molecule has 1 fully saturated rings. The number of nitrogens with zero attached hydrogens (tertiary/aromatic N) is 3. The number of likely N-dealkylation sites (tertiary alicyclic amines) is 1. The van der Waals surface area contributed by atoms with Crippen molar-refractivity contribution in [3.8, 4) is 17.2 Å². The third-order valence-electron chi connectivity index (χ3n) is 6.40. The van der Waals surface area contributed by atoms with Crippen molar-refractivity contribution in [2.45, 2.75) is 18.5 Å². The lowest BCUT2D eigenvalue weighted by Crippen LogP contribution is -2.42. The standard InChI is InChI=1S/C25H22N4O2/c26-14-16-1-3-17(4-2-16)19-5-6-22-21(13-19)24-20(23(15-30)28-22)9-12-29(24)25(31)18-7-10-27-11-8-18/h1-8,10-11,13,20,23-24,28,30H,9,12,15H2/t20-,23-,24-/m0/s1. The number of benzene rings is 2. The molecule has 2 aromatic carbocycles. The highest BCUT2D eigenvalue weighted by molar-refractivity contribution is 5.95. The highest BCUT2D eigenvalue weighted by atomic mass is 16.3. The number of carbonyl (C=O) groups is 1. The molecule has 0 bridgehead atoms. The summed E-state index contributed by atoms with van der Waals surface area (Å²) in [6.07, 6.45) is 4.10. The van der Waals surface area contributed by atoms with Crippen LogP contribution in [0, 0.1) is 17.2 Å². The SMILES string of the molecule is N#Cc1ccc(-c2ccc3c(c2)[C@@H]2[C@@H](CCN2C(=O)c2ccncc2)[C@H](CO)N3)cc1. The number of anilines is 1. The van der Waals surface area contributed by atoms with E-state index in [1.807, 2.05) is 41.3 Å². The zero-order chi connectivity index (χ0) is 21.4. The van der Waals surface area contributed by atoms with Crippen LogP contribution in [0.3, 0.4) is 0 Å². The van der Waals surface area contributed by atoms with Crippen molar-refractivity contribution in [3.05, 3.63) is 83.7 Å². The van der Waals surface area contributed by atoms with Gasteiger partial charge in [-0.05, 0) is 59.5 Å². The van der Waals surface area contributed by atoms with Crippen LogP contribution in [0.25, 0.3) is 11.1 Å². The summed E-state index contributed by atoms with van der Waals surface area (Å²) in [6.45, 7) is 0.671. The summed E-state index contributed by atoms with van der Waals surface area (Å²) in [7, 11) is 0. The number of aliphatic hydroxyl groups is 1. The number of aromatic nitrogens is 1. The minimum atomic E-state index is -0.104. The molecule has 2 N–H and O–H groups in total. The molecule has 0 saturated carbocycles. The number of hydrogen-bond donors (Lipinski definition) is 2. The van der Waals surface area contributed by atoms with E-state index in [9.17, 15) is 9.90 Å². The van der Waals surface area contributed by atoms with Crippen LogP contribution in [-0.4, -0.2) is 40.1 Å². The van der Waals surface area contributed by atoms with Gasteiger partial charge in [-0.1, -0.05) is 18.2 Å². The van der Waals surface area contributed by atoms with E-state index in [2.05, 4.69) is 22.4 Å². The van der Waals surface area contributed by atoms with E-state index in [0.29, 0.717) is 17.7 Å². The molecule has 6 nitrogen and oxygen atoms in total. The number of aliphatic hydroxyl groups excluding tert-OH is 1. The van der Waals surface area contributed by atoms with Crippen LogP contribution >= 0.6 is 0 Å². The Hall–Kier alpha value is -3.69. The van der Waals surface area contributed by atoms with Crippen molar-refractivity contribution in [1.29, 1.82) is 5.26 Å². The van der Waals surface area contributed by atoms with Crippen molar-refractivity contribution in [3.63, 3.8) is 0 Å². The average molecular weight is 410 g/mol. The fourth-order valence-corrected chi connectivity index (χ4v) is 4.87. The second kappa shape index (κ2) is 7.86. The Bertz CT molecular complexity index is 1150. The zero-order valence-corrected chi connectivity index (χ0v) is 16.9. The van der Waals surface area contributed by atoms with Gasteiger partial charge in [-0.25, -0.2) is 0 Å². The van der Waals surface area contributed by atoms with Gasteiger partial charge in [0.05, 0.1) is 30.3 Å². The molecule has 6 heteroatoms. The van der Waals surface area contributed by atoms with Gasteiger partial charge in [0.1, 0.15) is 0 Å². The Morgan fingerprint density at radius 2 is 1.87 bits per heavy atom. The van der Waals surface area contributed by atoms with Crippen molar-refractivity contribution in [2.24, 2.45) is 5.92 Å². The van der Waals surface area contributed by atoms with Crippen LogP contribution in [0.4, 0.5) is 5.69 Å². The molecule has 2 aliphatic rings. The van der Waals surface area contributed by atoms with E-state index in [0.717, 1.165) is 28.8 Å². The molecule has 1 amide bonds. The molecule has 1 aromatic heterocycles. The maximum Gasteiger partial charge on any atom is 0.254 e. The van der Waals surface area contributed by atoms with Gasteiger partial charge in [-0.15, -0.1) is 0 Å². The first kappa shape index (κ1) is 19.3. The van der Waals surface area contributed by atoms with Crippen molar-refractivity contribution < 1.29 is 9.90 Å². The molecule has 3 heterocycles. The largest absolute Gasteiger partial charge is 0.394 e. The normalized spacial score (nSPS) is 21.5. The van der Waals surface area contributed by atoms with E-state index in [-0.39, 0.29) is 30.5 Å². The van der Waals surface area contributed by atoms with Gasteiger partial charge in [-0.3, -0.25) is 9.78 Å². The van der Waals surface area contributed by atoms with Gasteiger partial charge in [0.2, 0.25) is 0 Å². The highest BCUT2D eigenvalue weighted by Crippen LogP contribution is 2.47. The summed E-state index contributed by atoms with van der Waals surface area (Å²) in [5, 5.41) is 22.5. The number of hydrogen-bond acceptors (Lipinski definition) is 5. The van der Waals surface area contributed by atoms with Gasteiger partial charge in [-0.2, -0.15) is 5.26 Å². The Morgan fingerprint density at radius 3 is 2.58 bits per heavy atom. The lowest BCUT2D eigenvalue weighted by Gasteiger charge is -2.39. The molecular formula is C25H22N4O2. The zero-order valence-electron chi connectivity index (χ0n) is 16.9. The molecular weight excluding hydrogens is 388 g/mol. The Balaban J connectivity index is 1.56. The van der Waals surface area contributed by atoms with Crippen LogP contribution in [0.2, 0.25) is 0 Å². The molecule has 0 spiro atoms. The van der Waals surface area contributed by atoms with E-state index in [1.54, 1.807) is 24.5 Å². The summed E-state index contributed by atoms with van der Waals surface area (Å²) in [5.74, 6) is 0.128. The quantitative estimate of drug-likeness (QED) is 0.689. The first-order valence-electron chi connectivity index (χ1n) is 10.4.